The molecule has 0 aromatic heterocycles. The molecular formula is C37H26Cl2F3N3O3S. The van der Waals surface area contributed by atoms with Crippen LogP contribution in [-0.4, -0.2) is 17.7 Å². The van der Waals surface area contributed by atoms with E-state index in [9.17, 15) is 27.6 Å². The molecule has 5 aromatic carbocycles. The number of benzene rings is 5. The lowest BCUT2D eigenvalue weighted by Gasteiger charge is -2.20. The molecule has 0 aliphatic heterocycles. The molecule has 0 spiro atoms. The Labute approximate surface area is 294 Å². The maximum Gasteiger partial charge on any atom is 0.418 e. The molecule has 5 aromatic rings. The van der Waals surface area contributed by atoms with Crippen LogP contribution >= 0.6 is 35.0 Å². The number of thioether (sulfide) groups is 1. The SMILES string of the molecule is O=C(Nc1ccc(SC(C(=O)Nc2ccc(Cl)cc2C(F)(F)F)c2ccccc2)cc1)/C(=C/c1ccc(Cl)cc1)NC(=O)c1ccccc1. The van der Waals surface area contributed by atoms with Gasteiger partial charge in [0.1, 0.15) is 10.9 Å². The van der Waals surface area contributed by atoms with Crippen LogP contribution in [0.25, 0.3) is 6.08 Å². The summed E-state index contributed by atoms with van der Waals surface area (Å²) in [6.45, 7) is 0. The fourth-order valence-electron chi connectivity index (χ4n) is 4.58. The lowest BCUT2D eigenvalue weighted by molar-refractivity contribution is -0.137. The first-order valence-corrected chi connectivity index (χ1v) is 16.2. The Morgan fingerprint density at radius 1 is 0.714 bits per heavy atom. The highest BCUT2D eigenvalue weighted by Crippen LogP contribution is 2.40. The van der Waals surface area contributed by atoms with E-state index in [0.29, 0.717) is 32.3 Å². The van der Waals surface area contributed by atoms with E-state index in [4.69, 9.17) is 23.2 Å². The Balaban J connectivity index is 1.34. The van der Waals surface area contributed by atoms with Crippen molar-refractivity contribution in [2.45, 2.75) is 16.3 Å². The molecule has 0 heterocycles. The minimum absolute atomic E-state index is 0.0177. The summed E-state index contributed by atoms with van der Waals surface area (Å²) < 4.78 is 41.2. The molecule has 1 unspecified atom stereocenters. The summed E-state index contributed by atoms with van der Waals surface area (Å²) >= 11 is 12.9. The maximum absolute atomic E-state index is 13.7. The number of hydrogen-bond acceptors (Lipinski definition) is 4. The van der Waals surface area contributed by atoms with Crippen molar-refractivity contribution in [1.82, 2.24) is 5.32 Å². The number of amides is 3. The van der Waals surface area contributed by atoms with Gasteiger partial charge in [-0.2, -0.15) is 13.2 Å². The van der Waals surface area contributed by atoms with Crippen molar-refractivity contribution in [2.75, 3.05) is 10.6 Å². The molecule has 49 heavy (non-hydrogen) atoms. The van der Waals surface area contributed by atoms with Crippen LogP contribution in [0, 0.1) is 0 Å². The first-order valence-electron chi connectivity index (χ1n) is 14.6. The van der Waals surface area contributed by atoms with Crippen LogP contribution in [0.5, 0.6) is 0 Å². The van der Waals surface area contributed by atoms with Crippen LogP contribution in [0.2, 0.25) is 10.0 Å². The number of hydrogen-bond donors (Lipinski definition) is 3. The Kier molecular flexibility index (Phi) is 11.5. The molecule has 0 radical (unpaired) electrons. The highest BCUT2D eigenvalue weighted by molar-refractivity contribution is 8.00. The number of anilines is 2. The second-order valence-corrected chi connectivity index (χ2v) is 12.5. The summed E-state index contributed by atoms with van der Waals surface area (Å²) in [5, 5.41) is 7.33. The first-order chi connectivity index (χ1) is 23.5. The average Bonchev–Trinajstić information content (AvgIpc) is 3.09. The minimum Gasteiger partial charge on any atom is -0.324 e. The van der Waals surface area contributed by atoms with Crippen molar-refractivity contribution in [2.24, 2.45) is 0 Å². The molecule has 3 amide bonds. The van der Waals surface area contributed by atoms with Gasteiger partial charge in [-0.15, -0.1) is 11.8 Å². The van der Waals surface area contributed by atoms with Gasteiger partial charge in [0.2, 0.25) is 5.91 Å². The average molecular weight is 721 g/mol. The predicted molar refractivity (Wildman–Crippen MR) is 189 cm³/mol. The second kappa shape index (κ2) is 15.9. The predicted octanol–water partition coefficient (Wildman–Crippen LogP) is 9.89. The third kappa shape index (κ3) is 9.76. The molecule has 6 nitrogen and oxygen atoms in total. The molecule has 0 saturated carbocycles. The van der Waals surface area contributed by atoms with E-state index < -0.39 is 40.4 Å². The largest absolute Gasteiger partial charge is 0.418 e. The Hall–Kier alpha value is -5.03. The molecule has 0 bridgehead atoms. The molecule has 12 heteroatoms. The number of nitrogens with one attached hydrogen (secondary N) is 3. The monoisotopic (exact) mass is 719 g/mol. The number of halogens is 5. The third-order valence-electron chi connectivity index (χ3n) is 6.96. The van der Waals surface area contributed by atoms with E-state index in [0.717, 1.165) is 23.9 Å². The molecule has 0 saturated heterocycles. The van der Waals surface area contributed by atoms with Crippen LogP contribution in [0.4, 0.5) is 24.5 Å². The van der Waals surface area contributed by atoms with Crippen molar-refractivity contribution in [3.05, 3.63) is 165 Å². The Bertz CT molecular complexity index is 1970. The van der Waals surface area contributed by atoms with Gasteiger partial charge in [0.25, 0.3) is 11.8 Å². The van der Waals surface area contributed by atoms with E-state index in [2.05, 4.69) is 16.0 Å². The molecule has 3 N–H and O–H groups in total. The smallest absolute Gasteiger partial charge is 0.324 e. The third-order valence-corrected chi connectivity index (χ3v) is 8.71. The van der Waals surface area contributed by atoms with Gasteiger partial charge in [0.15, 0.2) is 0 Å². The lowest BCUT2D eigenvalue weighted by Crippen LogP contribution is -2.30. The zero-order valence-corrected chi connectivity index (χ0v) is 27.6. The molecule has 0 fully saturated rings. The molecule has 0 aliphatic carbocycles. The molecule has 1 atom stereocenters. The van der Waals surface area contributed by atoms with Crippen LogP contribution in [0.15, 0.2) is 138 Å². The molecule has 248 valence electrons. The fourth-order valence-corrected chi connectivity index (χ4v) is 5.90. The van der Waals surface area contributed by atoms with E-state index in [1.807, 2.05) is 0 Å². The van der Waals surface area contributed by atoms with Gasteiger partial charge < -0.3 is 16.0 Å². The Morgan fingerprint density at radius 2 is 1.33 bits per heavy atom. The van der Waals surface area contributed by atoms with Gasteiger partial charge in [-0.05, 0) is 83.9 Å². The van der Waals surface area contributed by atoms with Crippen molar-refractivity contribution >= 4 is 70.1 Å². The van der Waals surface area contributed by atoms with Crippen molar-refractivity contribution < 1.29 is 27.6 Å². The quantitative estimate of drug-likeness (QED) is 0.0991. The number of alkyl halides is 3. The van der Waals surface area contributed by atoms with Crippen molar-refractivity contribution in [3.63, 3.8) is 0 Å². The van der Waals surface area contributed by atoms with Gasteiger partial charge in [-0.1, -0.05) is 83.9 Å². The van der Waals surface area contributed by atoms with E-state index in [1.54, 1.807) is 109 Å². The van der Waals surface area contributed by atoms with Crippen LogP contribution in [0.3, 0.4) is 0 Å². The second-order valence-electron chi connectivity index (χ2n) is 10.5. The summed E-state index contributed by atoms with van der Waals surface area (Å²) in [5.41, 5.74) is 0.453. The van der Waals surface area contributed by atoms with Crippen LogP contribution in [-0.2, 0) is 15.8 Å². The van der Waals surface area contributed by atoms with Gasteiger partial charge in [-0.25, -0.2) is 0 Å². The molecule has 0 aliphatic rings. The highest BCUT2D eigenvalue weighted by Gasteiger charge is 2.35. The summed E-state index contributed by atoms with van der Waals surface area (Å²) in [6, 6.07) is 33.5. The zero-order valence-electron chi connectivity index (χ0n) is 25.3. The first kappa shape index (κ1) is 35.3. The standard InChI is InChI=1S/C37H26Cl2F3N3O3S/c38-26-13-11-23(12-14-26)21-32(45-34(46)25-9-5-2-6-10-25)35(47)43-28-16-18-29(19-17-28)49-33(24-7-3-1-4-8-24)36(48)44-31-20-15-27(39)22-30(31)37(40,41)42/h1-22,33H,(H,43,47)(H,44,48)(H,45,46)/b32-21-. The summed E-state index contributed by atoms with van der Waals surface area (Å²) in [4.78, 5) is 40.4. The van der Waals surface area contributed by atoms with Crippen molar-refractivity contribution in [1.29, 1.82) is 0 Å². The minimum atomic E-state index is -4.74. The van der Waals surface area contributed by atoms with Crippen LogP contribution in [0.1, 0.15) is 32.3 Å². The Morgan fingerprint density at radius 3 is 1.96 bits per heavy atom. The van der Waals surface area contributed by atoms with E-state index >= 15 is 0 Å². The summed E-state index contributed by atoms with van der Waals surface area (Å²) in [6.07, 6.45) is -3.22. The summed E-state index contributed by atoms with van der Waals surface area (Å²) in [7, 11) is 0. The highest BCUT2D eigenvalue weighted by atomic mass is 35.5. The lowest BCUT2D eigenvalue weighted by atomic mass is 10.1. The zero-order chi connectivity index (χ0) is 35.0. The van der Waals surface area contributed by atoms with E-state index in [-0.39, 0.29) is 10.7 Å². The molecule has 5 rings (SSSR count). The van der Waals surface area contributed by atoms with Gasteiger partial charge in [-0.3, -0.25) is 14.4 Å². The van der Waals surface area contributed by atoms with E-state index in [1.165, 1.54) is 12.1 Å². The fraction of sp³-hybridized carbons (Fsp3) is 0.0541. The van der Waals surface area contributed by atoms with Gasteiger partial charge >= 0.3 is 6.18 Å². The van der Waals surface area contributed by atoms with Gasteiger partial charge in [0, 0.05) is 26.2 Å². The number of carbonyl (C=O) groups excluding carboxylic acids is 3. The van der Waals surface area contributed by atoms with Crippen LogP contribution < -0.4 is 16.0 Å². The topological polar surface area (TPSA) is 87.3 Å². The van der Waals surface area contributed by atoms with Crippen molar-refractivity contribution in [3.8, 4) is 0 Å². The number of rotatable bonds is 10. The maximum atomic E-state index is 13.7. The van der Waals surface area contributed by atoms with Gasteiger partial charge in [0.05, 0.1) is 11.3 Å². The molecular weight excluding hydrogens is 694 g/mol. The summed E-state index contributed by atoms with van der Waals surface area (Å²) in [5.74, 6) is -1.74. The normalized spacial score (nSPS) is 12.1. The number of carbonyl (C=O) groups is 3.